The second-order valence-corrected chi connectivity index (χ2v) is 9.83. The van der Waals surface area contributed by atoms with Gasteiger partial charge in [0, 0.05) is 41.6 Å². The molecule has 1 unspecified atom stereocenters. The van der Waals surface area contributed by atoms with Gasteiger partial charge in [0.25, 0.3) is 0 Å². The average molecular weight is 549 g/mol. The highest BCUT2D eigenvalue weighted by atomic mass is 35.5. The number of furan rings is 1. The molecule has 0 aliphatic carbocycles. The summed E-state index contributed by atoms with van der Waals surface area (Å²) in [5.41, 5.74) is 10.5. The van der Waals surface area contributed by atoms with Crippen LogP contribution in [-0.2, 0) is 11.8 Å². The van der Waals surface area contributed by atoms with Crippen LogP contribution in [0.1, 0.15) is 29.2 Å². The van der Waals surface area contributed by atoms with Crippen LogP contribution in [0.25, 0.3) is 22.2 Å². The van der Waals surface area contributed by atoms with Gasteiger partial charge in [-0.2, -0.15) is 0 Å². The lowest BCUT2D eigenvalue weighted by Gasteiger charge is -2.32. The molecule has 6 aromatic rings. The number of fused-ring (bicyclic) bond motifs is 1. The summed E-state index contributed by atoms with van der Waals surface area (Å²) in [6, 6.07) is 25.5. The van der Waals surface area contributed by atoms with Gasteiger partial charge in [-0.05, 0) is 60.2 Å². The highest BCUT2D eigenvalue weighted by Crippen LogP contribution is 2.42. The summed E-state index contributed by atoms with van der Waals surface area (Å²) < 4.78 is 8.17. The molecule has 0 spiro atoms. The summed E-state index contributed by atoms with van der Waals surface area (Å²) in [5, 5.41) is 1.36. The Balaban J connectivity index is 1.58. The van der Waals surface area contributed by atoms with Crippen molar-refractivity contribution in [2.75, 3.05) is 10.6 Å². The van der Waals surface area contributed by atoms with Crippen LogP contribution in [-0.4, -0.2) is 25.9 Å². The number of pyridine rings is 2. The molecule has 9 heteroatoms. The zero-order valence-corrected chi connectivity index (χ0v) is 22.3. The Morgan fingerprint density at radius 2 is 1.62 bits per heavy atom. The number of hydrogen-bond donors (Lipinski definition) is 1. The number of amides is 1. The molecule has 4 aromatic heterocycles. The topological polar surface area (TPSA) is 103 Å². The predicted octanol–water partition coefficient (Wildman–Crippen LogP) is 6.40. The minimum absolute atomic E-state index is 0.353. The van der Waals surface area contributed by atoms with Crippen LogP contribution in [0.2, 0.25) is 5.02 Å². The Labute approximate surface area is 235 Å². The van der Waals surface area contributed by atoms with E-state index >= 15 is 0 Å². The van der Waals surface area contributed by atoms with Gasteiger partial charge in [0.2, 0.25) is 12.3 Å². The first-order valence-electron chi connectivity index (χ1n) is 12.7. The van der Waals surface area contributed by atoms with Crippen molar-refractivity contribution >= 4 is 40.6 Å². The number of nitrogens with zero attached hydrogens (tertiary/aromatic N) is 5. The molecule has 1 amide bonds. The monoisotopic (exact) mass is 548 g/mol. The molecule has 2 N–H and O–H groups in total. The Kier molecular flexibility index (Phi) is 6.76. The van der Waals surface area contributed by atoms with Crippen molar-refractivity contribution in [3.05, 3.63) is 126 Å². The first-order chi connectivity index (χ1) is 19.5. The molecular weight excluding hydrogens is 524 g/mol. The second-order valence-electron chi connectivity index (χ2n) is 9.39. The molecule has 6 rings (SSSR count). The van der Waals surface area contributed by atoms with Gasteiger partial charge in [0.05, 0.1) is 29.2 Å². The van der Waals surface area contributed by atoms with Crippen LogP contribution >= 0.6 is 11.6 Å². The van der Waals surface area contributed by atoms with Gasteiger partial charge in [-0.15, -0.1) is 0 Å². The number of nitrogen functional groups attached to an aromatic ring is 1. The van der Waals surface area contributed by atoms with Crippen LogP contribution < -0.4 is 10.6 Å². The van der Waals surface area contributed by atoms with Gasteiger partial charge in [-0.3, -0.25) is 19.7 Å². The minimum Gasteiger partial charge on any atom is -0.440 e. The zero-order valence-electron chi connectivity index (χ0n) is 21.6. The van der Waals surface area contributed by atoms with Gasteiger partial charge < -0.3 is 14.7 Å². The third kappa shape index (κ3) is 4.69. The van der Waals surface area contributed by atoms with E-state index in [9.17, 15) is 4.79 Å². The number of carbonyl (C=O) groups excluding carboxylic acids is 1. The number of anilines is 2. The lowest BCUT2D eigenvalue weighted by atomic mass is 9.89. The lowest BCUT2D eigenvalue weighted by Crippen LogP contribution is -2.35. The fourth-order valence-corrected chi connectivity index (χ4v) is 5.21. The third-order valence-corrected chi connectivity index (χ3v) is 7.19. The number of benzene rings is 2. The average Bonchev–Trinajstić information content (AvgIpc) is 3.57. The molecule has 1 atom stereocenters. The number of aromatic nitrogens is 4. The Hall–Kier alpha value is -4.95. The minimum atomic E-state index is -0.675. The van der Waals surface area contributed by atoms with Crippen LogP contribution in [0.4, 0.5) is 11.6 Å². The summed E-state index contributed by atoms with van der Waals surface area (Å²) in [6.45, 7) is 0. The van der Waals surface area contributed by atoms with Gasteiger partial charge in [0.15, 0.2) is 0 Å². The Morgan fingerprint density at radius 3 is 2.25 bits per heavy atom. The van der Waals surface area contributed by atoms with E-state index in [-0.39, 0.29) is 0 Å². The molecule has 0 aliphatic rings. The highest BCUT2D eigenvalue weighted by molar-refractivity contribution is 6.31. The quantitative estimate of drug-likeness (QED) is 0.174. The number of hydrogen-bond acceptors (Lipinski definition) is 6. The van der Waals surface area contributed by atoms with E-state index in [2.05, 4.69) is 9.97 Å². The number of carbonyl (C=O) groups is 1. The van der Waals surface area contributed by atoms with Crippen LogP contribution in [0.5, 0.6) is 0 Å². The molecular formula is C31H25ClN6O2. The van der Waals surface area contributed by atoms with E-state index in [1.54, 1.807) is 47.8 Å². The van der Waals surface area contributed by atoms with Crippen molar-refractivity contribution in [2.24, 2.45) is 7.05 Å². The molecule has 2 aromatic carbocycles. The SMILES string of the molecule is Cn1c(-c2ccc(N)cc2)cnc1C(C(c1ccccn1)c1ccccn1)N(C=O)c1cc2cc(Cl)ccc2o1. The fraction of sp³-hybridized carbons (Fsp3) is 0.0968. The molecule has 4 heterocycles. The van der Waals surface area contributed by atoms with Gasteiger partial charge >= 0.3 is 0 Å². The van der Waals surface area contributed by atoms with Crippen molar-refractivity contribution in [1.82, 2.24) is 19.5 Å². The van der Waals surface area contributed by atoms with Crippen LogP contribution in [0, 0.1) is 0 Å². The largest absolute Gasteiger partial charge is 0.440 e. The Bertz CT molecular complexity index is 1730. The number of imidazole rings is 1. The third-order valence-electron chi connectivity index (χ3n) is 6.96. The van der Waals surface area contributed by atoms with E-state index < -0.39 is 12.0 Å². The molecule has 8 nitrogen and oxygen atoms in total. The van der Waals surface area contributed by atoms with E-state index in [0.717, 1.165) is 34.4 Å². The standard InChI is InChI=1S/C31H25ClN6O2/c1-37-26(20-8-11-23(33)12-9-20)18-36-31(37)30(29(24-6-2-4-14-34-24)25-7-3-5-15-35-25)38(19-39)28-17-21-16-22(32)10-13-27(21)40-28/h2-19,29-30H,33H2,1H3. The van der Waals surface area contributed by atoms with Crippen molar-refractivity contribution in [3.63, 3.8) is 0 Å². The van der Waals surface area contributed by atoms with Crippen LogP contribution in [0.15, 0.2) is 108 Å². The lowest BCUT2D eigenvalue weighted by molar-refractivity contribution is -0.108. The normalized spacial score (nSPS) is 12.1. The molecule has 0 radical (unpaired) electrons. The summed E-state index contributed by atoms with van der Waals surface area (Å²) in [7, 11) is 1.93. The van der Waals surface area contributed by atoms with E-state index in [1.807, 2.05) is 72.3 Å². The first kappa shape index (κ1) is 25.3. The maximum atomic E-state index is 13.0. The number of nitrogens with two attached hydrogens (primary N) is 1. The maximum Gasteiger partial charge on any atom is 0.217 e. The molecule has 0 saturated carbocycles. The molecule has 0 saturated heterocycles. The van der Waals surface area contributed by atoms with Crippen LogP contribution in [0.3, 0.4) is 0 Å². The van der Waals surface area contributed by atoms with Crippen molar-refractivity contribution in [2.45, 2.75) is 12.0 Å². The summed E-state index contributed by atoms with van der Waals surface area (Å²) in [5.74, 6) is 0.495. The van der Waals surface area contributed by atoms with E-state index in [1.165, 1.54) is 0 Å². The zero-order chi connectivity index (χ0) is 27.6. The summed E-state index contributed by atoms with van der Waals surface area (Å²) in [6.07, 6.45) is 6.02. The predicted molar refractivity (Wildman–Crippen MR) is 156 cm³/mol. The van der Waals surface area contributed by atoms with Gasteiger partial charge in [-0.25, -0.2) is 4.98 Å². The number of halogens is 1. The summed E-state index contributed by atoms with van der Waals surface area (Å²) >= 11 is 6.24. The smallest absolute Gasteiger partial charge is 0.217 e. The first-order valence-corrected chi connectivity index (χ1v) is 13.0. The molecule has 0 aliphatic heterocycles. The second kappa shape index (κ2) is 10.7. The number of rotatable bonds is 8. The van der Waals surface area contributed by atoms with E-state index in [4.69, 9.17) is 26.7 Å². The maximum absolute atomic E-state index is 13.0. The molecule has 40 heavy (non-hydrogen) atoms. The summed E-state index contributed by atoms with van der Waals surface area (Å²) in [4.78, 5) is 28.8. The van der Waals surface area contributed by atoms with Crippen molar-refractivity contribution in [3.8, 4) is 11.3 Å². The van der Waals surface area contributed by atoms with E-state index in [0.29, 0.717) is 28.0 Å². The van der Waals surface area contributed by atoms with Gasteiger partial charge in [-0.1, -0.05) is 35.9 Å². The molecule has 0 bridgehead atoms. The fourth-order valence-electron chi connectivity index (χ4n) is 5.03. The van der Waals surface area contributed by atoms with Gasteiger partial charge in [0.1, 0.15) is 17.4 Å². The molecule has 0 fully saturated rings. The highest BCUT2D eigenvalue weighted by Gasteiger charge is 2.38. The Morgan fingerprint density at radius 1 is 0.925 bits per heavy atom. The van der Waals surface area contributed by atoms with Crippen molar-refractivity contribution in [1.29, 1.82) is 0 Å². The molecule has 198 valence electrons. The van der Waals surface area contributed by atoms with Crippen molar-refractivity contribution < 1.29 is 9.21 Å².